The largest absolute Gasteiger partial charge is 0.469 e. The molecule has 0 N–H and O–H groups in total. The van der Waals surface area contributed by atoms with Gasteiger partial charge in [0.25, 0.3) is 0 Å². The monoisotopic (exact) mass is 156 g/mol. The number of unbranched alkanes of at least 4 members (excludes halogenated alkanes) is 1. The maximum Gasteiger partial charge on any atom is 0.308 e. The van der Waals surface area contributed by atoms with Crippen molar-refractivity contribution in [3.8, 4) is 0 Å². The van der Waals surface area contributed by atoms with Crippen molar-refractivity contribution >= 4 is 5.97 Å². The number of carbonyl (C=O) groups excluding carboxylic acids is 1. The minimum Gasteiger partial charge on any atom is -0.469 e. The Labute approximate surface area is 67.9 Å². The topological polar surface area (TPSA) is 26.3 Å². The summed E-state index contributed by atoms with van der Waals surface area (Å²) in [5, 5.41) is 0. The number of rotatable bonds is 4. The SMILES string of the molecule is CCCC[C@@H]1C[C@@H]1C(=O)OC. The predicted octanol–water partition coefficient (Wildman–Crippen LogP) is 1.99. The number of hydrogen-bond donors (Lipinski definition) is 0. The van der Waals surface area contributed by atoms with E-state index in [2.05, 4.69) is 11.7 Å². The predicted molar refractivity (Wildman–Crippen MR) is 43.1 cm³/mol. The number of methoxy groups -OCH3 is 1. The van der Waals surface area contributed by atoms with Gasteiger partial charge >= 0.3 is 5.97 Å². The van der Waals surface area contributed by atoms with Gasteiger partial charge in [0.15, 0.2) is 0 Å². The van der Waals surface area contributed by atoms with Crippen LogP contribution in [0.5, 0.6) is 0 Å². The van der Waals surface area contributed by atoms with Gasteiger partial charge in [-0.2, -0.15) is 0 Å². The van der Waals surface area contributed by atoms with Gasteiger partial charge in [0, 0.05) is 0 Å². The lowest BCUT2D eigenvalue weighted by Crippen LogP contribution is -2.04. The molecule has 1 rings (SSSR count). The first-order valence-electron chi connectivity index (χ1n) is 4.37. The van der Waals surface area contributed by atoms with E-state index in [0.717, 1.165) is 6.42 Å². The Bertz CT molecular complexity index is 142. The molecule has 0 saturated heterocycles. The van der Waals surface area contributed by atoms with E-state index in [4.69, 9.17) is 0 Å². The zero-order valence-corrected chi connectivity index (χ0v) is 7.30. The molecule has 0 spiro atoms. The van der Waals surface area contributed by atoms with Gasteiger partial charge in [0.1, 0.15) is 0 Å². The van der Waals surface area contributed by atoms with Gasteiger partial charge in [-0.05, 0) is 18.8 Å². The Balaban J connectivity index is 2.11. The summed E-state index contributed by atoms with van der Waals surface area (Å²) in [6.07, 6.45) is 4.74. The zero-order valence-electron chi connectivity index (χ0n) is 7.30. The fourth-order valence-corrected chi connectivity index (χ4v) is 1.47. The maximum atomic E-state index is 10.9. The molecule has 0 aromatic carbocycles. The summed E-state index contributed by atoms with van der Waals surface area (Å²) in [5.41, 5.74) is 0. The second kappa shape index (κ2) is 3.74. The molecule has 0 radical (unpaired) electrons. The first kappa shape index (κ1) is 8.57. The number of ether oxygens (including phenoxy) is 1. The molecule has 0 aliphatic heterocycles. The summed E-state index contributed by atoms with van der Waals surface area (Å²) in [4.78, 5) is 10.9. The van der Waals surface area contributed by atoms with E-state index in [1.165, 1.54) is 26.4 Å². The fourth-order valence-electron chi connectivity index (χ4n) is 1.47. The second-order valence-electron chi connectivity index (χ2n) is 3.27. The van der Waals surface area contributed by atoms with Crippen LogP contribution in [0.25, 0.3) is 0 Å². The minimum atomic E-state index is -0.00824. The van der Waals surface area contributed by atoms with Crippen LogP contribution in [-0.2, 0) is 9.53 Å². The molecule has 0 amide bonds. The average molecular weight is 156 g/mol. The standard InChI is InChI=1S/C9H16O2/c1-3-4-5-7-6-8(7)9(10)11-2/h7-8H,3-6H2,1-2H3/t7-,8+/m1/s1. The van der Waals surface area contributed by atoms with Crippen molar-refractivity contribution in [3.63, 3.8) is 0 Å². The molecule has 64 valence electrons. The van der Waals surface area contributed by atoms with Crippen LogP contribution in [-0.4, -0.2) is 13.1 Å². The third-order valence-corrected chi connectivity index (χ3v) is 2.35. The van der Waals surface area contributed by atoms with Gasteiger partial charge in [-0.3, -0.25) is 4.79 Å². The highest BCUT2D eigenvalue weighted by Gasteiger charge is 2.42. The third kappa shape index (κ3) is 2.21. The smallest absolute Gasteiger partial charge is 0.308 e. The Morgan fingerprint density at radius 2 is 2.36 bits per heavy atom. The first-order chi connectivity index (χ1) is 5.29. The van der Waals surface area contributed by atoms with Gasteiger partial charge in [-0.15, -0.1) is 0 Å². The molecular weight excluding hydrogens is 140 g/mol. The van der Waals surface area contributed by atoms with Gasteiger partial charge in [-0.25, -0.2) is 0 Å². The van der Waals surface area contributed by atoms with Crippen molar-refractivity contribution in [1.29, 1.82) is 0 Å². The lowest BCUT2D eigenvalue weighted by molar-refractivity contribution is -0.142. The summed E-state index contributed by atoms with van der Waals surface area (Å²) >= 11 is 0. The Morgan fingerprint density at radius 3 is 2.91 bits per heavy atom. The lowest BCUT2D eigenvalue weighted by Gasteiger charge is -1.96. The van der Waals surface area contributed by atoms with E-state index in [9.17, 15) is 4.79 Å². The quantitative estimate of drug-likeness (QED) is 0.582. The summed E-state index contributed by atoms with van der Waals surface area (Å²) in [6.45, 7) is 2.18. The summed E-state index contributed by atoms with van der Waals surface area (Å²) in [7, 11) is 1.47. The molecule has 1 aliphatic carbocycles. The molecule has 0 aromatic heterocycles. The highest BCUT2D eigenvalue weighted by molar-refractivity contribution is 5.75. The molecule has 1 aliphatic rings. The van der Waals surface area contributed by atoms with Crippen molar-refractivity contribution in [2.75, 3.05) is 7.11 Å². The van der Waals surface area contributed by atoms with Gasteiger partial charge in [0.05, 0.1) is 13.0 Å². The molecule has 0 heterocycles. The van der Waals surface area contributed by atoms with Crippen LogP contribution in [0.3, 0.4) is 0 Å². The van der Waals surface area contributed by atoms with Crippen molar-refractivity contribution < 1.29 is 9.53 Å². The Kier molecular flexibility index (Phi) is 2.92. The Hall–Kier alpha value is -0.530. The average Bonchev–Trinajstić information content (AvgIpc) is 2.78. The molecule has 0 aromatic rings. The van der Waals surface area contributed by atoms with E-state index in [-0.39, 0.29) is 11.9 Å². The van der Waals surface area contributed by atoms with Gasteiger partial charge in [-0.1, -0.05) is 19.8 Å². The fraction of sp³-hybridized carbons (Fsp3) is 0.889. The van der Waals surface area contributed by atoms with Crippen LogP contribution < -0.4 is 0 Å². The van der Waals surface area contributed by atoms with Crippen LogP contribution in [0.2, 0.25) is 0 Å². The van der Waals surface area contributed by atoms with Gasteiger partial charge in [0.2, 0.25) is 0 Å². The van der Waals surface area contributed by atoms with Crippen LogP contribution >= 0.6 is 0 Å². The zero-order chi connectivity index (χ0) is 8.27. The lowest BCUT2D eigenvalue weighted by atomic mass is 10.1. The summed E-state index contributed by atoms with van der Waals surface area (Å²) in [6, 6.07) is 0. The normalized spacial score (nSPS) is 28.2. The van der Waals surface area contributed by atoms with Crippen molar-refractivity contribution in [3.05, 3.63) is 0 Å². The molecule has 2 heteroatoms. The van der Waals surface area contributed by atoms with Crippen LogP contribution in [0.15, 0.2) is 0 Å². The van der Waals surface area contributed by atoms with Crippen molar-refractivity contribution in [2.24, 2.45) is 11.8 Å². The Morgan fingerprint density at radius 1 is 1.64 bits per heavy atom. The molecule has 0 unspecified atom stereocenters. The molecule has 1 fully saturated rings. The molecule has 11 heavy (non-hydrogen) atoms. The second-order valence-corrected chi connectivity index (χ2v) is 3.27. The van der Waals surface area contributed by atoms with Crippen molar-refractivity contribution in [2.45, 2.75) is 32.6 Å². The minimum absolute atomic E-state index is 0.00824. The number of hydrogen-bond acceptors (Lipinski definition) is 2. The summed E-state index contributed by atoms with van der Waals surface area (Å²) < 4.78 is 4.65. The van der Waals surface area contributed by atoms with E-state index in [1.54, 1.807) is 0 Å². The maximum absolute atomic E-state index is 10.9. The first-order valence-corrected chi connectivity index (χ1v) is 4.37. The molecule has 0 bridgehead atoms. The van der Waals surface area contributed by atoms with Crippen LogP contribution in [0.1, 0.15) is 32.6 Å². The number of esters is 1. The number of carbonyl (C=O) groups is 1. The molecule has 2 atom stereocenters. The van der Waals surface area contributed by atoms with Crippen molar-refractivity contribution in [1.82, 2.24) is 0 Å². The molecular formula is C9H16O2. The third-order valence-electron chi connectivity index (χ3n) is 2.35. The van der Waals surface area contributed by atoms with E-state index < -0.39 is 0 Å². The van der Waals surface area contributed by atoms with E-state index in [1.807, 2.05) is 0 Å². The highest BCUT2D eigenvalue weighted by atomic mass is 16.5. The highest BCUT2D eigenvalue weighted by Crippen LogP contribution is 2.42. The summed E-state index contributed by atoms with van der Waals surface area (Å²) in [5.74, 6) is 0.875. The molecule has 2 nitrogen and oxygen atoms in total. The van der Waals surface area contributed by atoms with E-state index in [0.29, 0.717) is 5.92 Å². The van der Waals surface area contributed by atoms with Crippen LogP contribution in [0.4, 0.5) is 0 Å². The van der Waals surface area contributed by atoms with E-state index >= 15 is 0 Å². The molecule has 1 saturated carbocycles. The van der Waals surface area contributed by atoms with Gasteiger partial charge < -0.3 is 4.74 Å². The van der Waals surface area contributed by atoms with Crippen LogP contribution in [0, 0.1) is 11.8 Å².